The van der Waals surface area contributed by atoms with Crippen LogP contribution in [0.1, 0.15) is 37.4 Å². The Balaban J connectivity index is 1.51. The Morgan fingerprint density at radius 3 is 2.86 bits per heavy atom. The highest BCUT2D eigenvalue weighted by Gasteiger charge is 2.35. The Labute approximate surface area is 164 Å². The molecule has 1 atom stereocenters. The van der Waals surface area contributed by atoms with Crippen molar-refractivity contribution in [3.8, 4) is 11.5 Å². The van der Waals surface area contributed by atoms with Gasteiger partial charge >= 0.3 is 12.0 Å². The summed E-state index contributed by atoms with van der Waals surface area (Å²) in [4.78, 5) is 30.1. The molecule has 1 aliphatic heterocycles. The van der Waals surface area contributed by atoms with Crippen molar-refractivity contribution >= 4 is 38.4 Å². The molecule has 8 nitrogen and oxygen atoms in total. The molecule has 2 N–H and O–H groups in total. The van der Waals surface area contributed by atoms with Gasteiger partial charge in [0, 0.05) is 22.5 Å². The molecule has 3 aromatic rings. The van der Waals surface area contributed by atoms with E-state index in [2.05, 4.69) is 15.5 Å². The summed E-state index contributed by atoms with van der Waals surface area (Å²) in [6, 6.07) is 6.56. The number of aliphatic carboxylic acids is 1. The van der Waals surface area contributed by atoms with Crippen molar-refractivity contribution in [1.82, 2.24) is 15.0 Å². The number of thiophene rings is 1. The quantitative estimate of drug-likeness (QED) is 0.690. The van der Waals surface area contributed by atoms with Crippen LogP contribution in [-0.2, 0) is 4.79 Å². The first-order chi connectivity index (χ1) is 13.6. The maximum atomic E-state index is 12.8. The minimum Gasteiger partial charge on any atom is -0.480 e. The molecule has 1 saturated heterocycles. The molecule has 3 heterocycles. The van der Waals surface area contributed by atoms with Gasteiger partial charge in [-0.3, -0.25) is 5.32 Å². The number of aromatic nitrogens is 2. The highest BCUT2D eigenvalue weighted by atomic mass is 32.1. The van der Waals surface area contributed by atoms with Gasteiger partial charge in [0.1, 0.15) is 11.0 Å². The lowest BCUT2D eigenvalue weighted by Gasteiger charge is -2.21. The van der Waals surface area contributed by atoms with Gasteiger partial charge in [-0.25, -0.2) is 9.59 Å². The first kappa shape index (κ1) is 17.2. The second kappa shape index (κ2) is 6.59. The summed E-state index contributed by atoms with van der Waals surface area (Å²) in [5.74, 6) is 0.468. The van der Waals surface area contributed by atoms with Crippen LogP contribution in [0.15, 0.2) is 28.8 Å². The Bertz CT molecular complexity index is 1070. The molecular formula is C19H18N4O4S. The molecule has 144 valence electrons. The molecule has 2 aromatic heterocycles. The van der Waals surface area contributed by atoms with Crippen LogP contribution in [0.25, 0.3) is 21.5 Å². The van der Waals surface area contributed by atoms with E-state index in [1.807, 2.05) is 24.3 Å². The molecule has 0 bridgehead atoms. The fourth-order valence-corrected chi connectivity index (χ4v) is 4.71. The van der Waals surface area contributed by atoms with Crippen molar-refractivity contribution < 1.29 is 19.2 Å². The predicted molar refractivity (Wildman–Crippen MR) is 103 cm³/mol. The maximum absolute atomic E-state index is 12.8. The number of carbonyl (C=O) groups is 2. The van der Waals surface area contributed by atoms with Gasteiger partial charge in [0.25, 0.3) is 5.89 Å². The molecule has 1 aromatic carbocycles. The van der Waals surface area contributed by atoms with Gasteiger partial charge in [-0.1, -0.05) is 23.4 Å². The van der Waals surface area contributed by atoms with E-state index in [4.69, 9.17) is 4.52 Å². The van der Waals surface area contributed by atoms with E-state index in [0.29, 0.717) is 47.6 Å². The molecule has 5 rings (SSSR count). The largest absolute Gasteiger partial charge is 0.480 e. The third-order valence-corrected chi connectivity index (χ3v) is 6.30. The van der Waals surface area contributed by atoms with Gasteiger partial charge in [0.2, 0.25) is 0 Å². The summed E-state index contributed by atoms with van der Waals surface area (Å²) in [5, 5.41) is 17.9. The number of anilines is 1. The average Bonchev–Trinajstić information content (AvgIpc) is 3.10. The van der Waals surface area contributed by atoms with Crippen LogP contribution in [0.5, 0.6) is 0 Å². The third-order valence-electron chi connectivity index (χ3n) is 5.21. The molecular weight excluding hydrogens is 380 g/mol. The summed E-state index contributed by atoms with van der Waals surface area (Å²) < 4.78 is 6.49. The lowest BCUT2D eigenvalue weighted by atomic mass is 10.1. The normalized spacial score (nSPS) is 19.3. The number of urea groups is 1. The fraction of sp³-hybridized carbons (Fsp3) is 0.368. The zero-order chi connectivity index (χ0) is 19.3. The minimum absolute atomic E-state index is 0.362. The van der Waals surface area contributed by atoms with Crippen molar-refractivity contribution in [1.29, 1.82) is 0 Å². The molecule has 9 heteroatoms. The smallest absolute Gasteiger partial charge is 0.326 e. The van der Waals surface area contributed by atoms with Gasteiger partial charge in [-0.05, 0) is 31.7 Å². The summed E-state index contributed by atoms with van der Waals surface area (Å²) in [7, 11) is 0. The van der Waals surface area contributed by atoms with Crippen LogP contribution in [-0.4, -0.2) is 44.7 Å². The molecule has 0 radical (unpaired) electrons. The number of amides is 2. The molecule has 2 fully saturated rings. The highest BCUT2D eigenvalue weighted by molar-refractivity contribution is 7.23. The van der Waals surface area contributed by atoms with Crippen LogP contribution < -0.4 is 5.32 Å². The molecule has 1 aliphatic carbocycles. The number of nitrogens with zero attached hydrogens (tertiary/aromatic N) is 3. The lowest BCUT2D eigenvalue weighted by molar-refractivity contribution is -0.141. The summed E-state index contributed by atoms with van der Waals surface area (Å²) in [6.07, 6.45) is 3.28. The molecule has 1 saturated carbocycles. The number of rotatable bonds is 4. The van der Waals surface area contributed by atoms with Gasteiger partial charge in [0.05, 0.1) is 5.56 Å². The molecule has 2 aliphatic rings. The van der Waals surface area contributed by atoms with Crippen LogP contribution in [0.4, 0.5) is 9.80 Å². The van der Waals surface area contributed by atoms with E-state index < -0.39 is 18.0 Å². The zero-order valence-corrected chi connectivity index (χ0v) is 15.7. The van der Waals surface area contributed by atoms with Crippen molar-refractivity contribution in [3.63, 3.8) is 0 Å². The van der Waals surface area contributed by atoms with Crippen LogP contribution >= 0.6 is 11.3 Å². The van der Waals surface area contributed by atoms with E-state index in [-0.39, 0.29) is 0 Å². The Morgan fingerprint density at radius 2 is 2.07 bits per heavy atom. The Kier molecular flexibility index (Phi) is 4.04. The average molecular weight is 398 g/mol. The van der Waals surface area contributed by atoms with Crippen molar-refractivity contribution in [2.24, 2.45) is 0 Å². The highest BCUT2D eigenvalue weighted by Crippen LogP contribution is 2.44. The number of fused-ring (bicyclic) bond motifs is 1. The third kappa shape index (κ3) is 2.91. The van der Waals surface area contributed by atoms with E-state index in [9.17, 15) is 14.7 Å². The monoisotopic (exact) mass is 398 g/mol. The van der Waals surface area contributed by atoms with Gasteiger partial charge in [-0.15, -0.1) is 11.3 Å². The number of carbonyl (C=O) groups excluding carboxylic acids is 1. The van der Waals surface area contributed by atoms with Crippen LogP contribution in [0.2, 0.25) is 0 Å². The van der Waals surface area contributed by atoms with E-state index in [0.717, 1.165) is 22.9 Å². The number of hydrogen-bond acceptors (Lipinski definition) is 6. The second-order valence-corrected chi connectivity index (χ2v) is 8.21. The Morgan fingerprint density at radius 1 is 1.25 bits per heavy atom. The topological polar surface area (TPSA) is 109 Å². The lowest BCUT2D eigenvalue weighted by Crippen LogP contribution is -2.42. The zero-order valence-electron chi connectivity index (χ0n) is 14.9. The van der Waals surface area contributed by atoms with Crippen LogP contribution in [0, 0.1) is 0 Å². The minimum atomic E-state index is -0.977. The van der Waals surface area contributed by atoms with E-state index in [1.165, 1.54) is 16.2 Å². The first-order valence-corrected chi connectivity index (χ1v) is 10.1. The molecule has 2 amide bonds. The van der Waals surface area contributed by atoms with Crippen molar-refractivity contribution in [2.75, 3.05) is 11.9 Å². The Hall–Kier alpha value is -2.94. The van der Waals surface area contributed by atoms with Crippen molar-refractivity contribution in [3.05, 3.63) is 30.1 Å². The second-order valence-electron chi connectivity index (χ2n) is 7.15. The molecule has 0 unspecified atom stereocenters. The predicted octanol–water partition coefficient (Wildman–Crippen LogP) is 3.91. The summed E-state index contributed by atoms with van der Waals surface area (Å²) >= 11 is 1.41. The number of likely N-dealkylation sites (tertiary alicyclic amines) is 1. The molecule has 28 heavy (non-hydrogen) atoms. The standard InChI is InChI=1S/C19H18N4O4S/c24-18(25)12-5-3-9-23(12)19(26)21-17-14(11-4-1-2-6-13(11)28-17)16-20-15(22-27-16)10-7-8-10/h1-2,4,6,10,12H,3,5,7-9H2,(H,21,26)(H,24,25)/t12-/m1/s1. The SMILES string of the molecule is O=C(O)[C@H]1CCCN1C(=O)Nc1sc2ccccc2c1-c1nc(C2CC2)no1. The number of nitrogens with one attached hydrogen (secondary N) is 1. The molecule has 0 spiro atoms. The maximum Gasteiger partial charge on any atom is 0.326 e. The van der Waals surface area contributed by atoms with Crippen molar-refractivity contribution in [2.45, 2.75) is 37.6 Å². The van der Waals surface area contributed by atoms with Gasteiger partial charge < -0.3 is 14.5 Å². The fourth-order valence-electron chi connectivity index (χ4n) is 3.63. The number of carboxylic acids is 1. The van der Waals surface area contributed by atoms with Gasteiger partial charge in [-0.2, -0.15) is 4.98 Å². The first-order valence-electron chi connectivity index (χ1n) is 9.28. The number of benzene rings is 1. The summed E-state index contributed by atoms with van der Waals surface area (Å²) in [5.41, 5.74) is 0.694. The summed E-state index contributed by atoms with van der Waals surface area (Å²) in [6.45, 7) is 0.426. The number of carboxylic acid groups (broad SMARTS) is 1. The van der Waals surface area contributed by atoms with Gasteiger partial charge in [0.15, 0.2) is 5.82 Å². The van der Waals surface area contributed by atoms with Crippen LogP contribution in [0.3, 0.4) is 0 Å². The van der Waals surface area contributed by atoms with E-state index in [1.54, 1.807) is 0 Å². The number of hydrogen-bond donors (Lipinski definition) is 2. The van der Waals surface area contributed by atoms with E-state index >= 15 is 0 Å².